The highest BCUT2D eigenvalue weighted by atomic mass is 16.6. The number of nitrogens with zero attached hydrogens (tertiary/aromatic N) is 1. The molecule has 0 spiro atoms. The van der Waals surface area contributed by atoms with Crippen LogP contribution in [0, 0.1) is 0 Å². The van der Waals surface area contributed by atoms with Gasteiger partial charge in [0.05, 0.1) is 6.61 Å². The van der Waals surface area contributed by atoms with Crippen LogP contribution in [-0.4, -0.2) is 59.0 Å². The van der Waals surface area contributed by atoms with Crippen molar-refractivity contribution in [1.82, 2.24) is 10.2 Å². The van der Waals surface area contributed by atoms with E-state index in [9.17, 15) is 19.5 Å². The Balaban J connectivity index is 1.35. The first-order valence-corrected chi connectivity index (χ1v) is 12.6. The van der Waals surface area contributed by atoms with E-state index in [0.29, 0.717) is 0 Å². The predicted molar refractivity (Wildman–Crippen MR) is 140 cm³/mol. The molecule has 3 aromatic rings. The molecule has 38 heavy (non-hydrogen) atoms. The molecule has 5 rings (SSSR count). The molecule has 196 valence electrons. The maximum absolute atomic E-state index is 13.7. The lowest BCUT2D eigenvalue weighted by molar-refractivity contribution is -0.156. The molecule has 1 fully saturated rings. The van der Waals surface area contributed by atoms with Crippen LogP contribution in [0.2, 0.25) is 0 Å². The quantitative estimate of drug-likeness (QED) is 0.490. The Kier molecular flexibility index (Phi) is 6.91. The Morgan fingerprint density at radius 1 is 0.974 bits per heavy atom. The van der Waals surface area contributed by atoms with E-state index >= 15 is 0 Å². The number of amides is 2. The number of carboxylic acids is 1. The molecule has 2 aliphatic rings. The minimum atomic E-state index is -1.16. The zero-order valence-electron chi connectivity index (χ0n) is 21.3. The summed E-state index contributed by atoms with van der Waals surface area (Å²) in [5.41, 5.74) is 4.07. The van der Waals surface area contributed by atoms with Gasteiger partial charge in [-0.25, -0.2) is 9.59 Å². The molecule has 8 heteroatoms. The lowest BCUT2D eigenvalue weighted by Crippen LogP contribution is -2.58. The van der Waals surface area contributed by atoms with Gasteiger partial charge in [0, 0.05) is 12.3 Å². The number of fused-ring (bicyclic) bond motifs is 3. The SMILES string of the molecule is CC1(C)OCC(C(=O)O)N1C(=O)C(Cc1ccccc1)NC(=O)OCC1c2ccccc2-c2ccccc21. The van der Waals surface area contributed by atoms with Crippen LogP contribution in [0.3, 0.4) is 0 Å². The van der Waals surface area contributed by atoms with E-state index < -0.39 is 35.8 Å². The van der Waals surface area contributed by atoms with Crippen LogP contribution in [0.25, 0.3) is 11.1 Å². The number of ether oxygens (including phenoxy) is 2. The Bertz CT molecular complexity index is 1310. The minimum Gasteiger partial charge on any atom is -0.480 e. The van der Waals surface area contributed by atoms with Gasteiger partial charge in [-0.15, -0.1) is 0 Å². The van der Waals surface area contributed by atoms with E-state index in [4.69, 9.17) is 9.47 Å². The zero-order valence-corrected chi connectivity index (χ0v) is 21.3. The second-order valence-electron chi connectivity index (χ2n) is 10.0. The first-order valence-electron chi connectivity index (χ1n) is 12.6. The Labute approximate surface area is 221 Å². The molecule has 1 aliphatic heterocycles. The summed E-state index contributed by atoms with van der Waals surface area (Å²) in [5, 5.41) is 12.4. The summed E-state index contributed by atoms with van der Waals surface area (Å²) in [4.78, 5) is 39.9. The van der Waals surface area contributed by atoms with Crippen LogP contribution in [0.4, 0.5) is 4.79 Å². The molecular formula is C30H30N2O6. The highest BCUT2D eigenvalue weighted by Crippen LogP contribution is 2.44. The van der Waals surface area contributed by atoms with E-state index in [1.807, 2.05) is 66.7 Å². The number of nitrogens with one attached hydrogen (secondary N) is 1. The summed E-state index contributed by atoms with van der Waals surface area (Å²) >= 11 is 0. The smallest absolute Gasteiger partial charge is 0.407 e. The lowest BCUT2D eigenvalue weighted by atomic mass is 9.98. The Morgan fingerprint density at radius 3 is 2.16 bits per heavy atom. The summed E-state index contributed by atoms with van der Waals surface area (Å²) in [5.74, 6) is -1.83. The maximum Gasteiger partial charge on any atom is 0.407 e. The van der Waals surface area contributed by atoms with Gasteiger partial charge in [-0.2, -0.15) is 0 Å². The molecule has 2 unspecified atom stereocenters. The van der Waals surface area contributed by atoms with Crippen LogP contribution >= 0.6 is 0 Å². The fourth-order valence-corrected chi connectivity index (χ4v) is 5.40. The molecule has 0 aromatic heterocycles. The van der Waals surface area contributed by atoms with E-state index in [1.165, 1.54) is 4.90 Å². The summed E-state index contributed by atoms with van der Waals surface area (Å²) < 4.78 is 11.3. The molecule has 3 aromatic carbocycles. The third-order valence-corrected chi connectivity index (χ3v) is 7.23. The topological polar surface area (TPSA) is 105 Å². The molecule has 2 atom stereocenters. The number of aliphatic carboxylic acids is 1. The van der Waals surface area contributed by atoms with E-state index in [0.717, 1.165) is 27.8 Å². The minimum absolute atomic E-state index is 0.0994. The highest BCUT2D eigenvalue weighted by Gasteiger charge is 2.49. The molecule has 0 saturated carbocycles. The van der Waals surface area contributed by atoms with Crippen LogP contribution in [-0.2, 0) is 25.5 Å². The molecule has 2 N–H and O–H groups in total. The van der Waals surface area contributed by atoms with Crippen LogP contribution in [0.1, 0.15) is 36.5 Å². The van der Waals surface area contributed by atoms with Gasteiger partial charge in [-0.1, -0.05) is 78.9 Å². The van der Waals surface area contributed by atoms with Crippen LogP contribution < -0.4 is 5.32 Å². The number of carbonyl (C=O) groups excluding carboxylic acids is 2. The summed E-state index contributed by atoms with van der Waals surface area (Å²) in [6.45, 7) is 3.25. The van der Waals surface area contributed by atoms with Gasteiger partial charge < -0.3 is 19.9 Å². The third-order valence-electron chi connectivity index (χ3n) is 7.23. The number of carboxylic acid groups (broad SMARTS) is 1. The third kappa shape index (κ3) is 4.87. The van der Waals surface area contributed by atoms with Crippen molar-refractivity contribution in [2.24, 2.45) is 0 Å². The monoisotopic (exact) mass is 514 g/mol. The number of rotatable bonds is 7. The van der Waals surface area contributed by atoms with Crippen molar-refractivity contribution >= 4 is 18.0 Å². The second kappa shape index (κ2) is 10.3. The number of hydrogen-bond donors (Lipinski definition) is 2. The van der Waals surface area contributed by atoms with Gasteiger partial charge in [0.1, 0.15) is 18.4 Å². The van der Waals surface area contributed by atoms with Crippen molar-refractivity contribution in [1.29, 1.82) is 0 Å². The summed E-state index contributed by atoms with van der Waals surface area (Å²) in [7, 11) is 0. The first-order chi connectivity index (χ1) is 18.3. The van der Waals surface area contributed by atoms with E-state index in [1.54, 1.807) is 13.8 Å². The molecule has 2 amide bonds. The first kappa shape index (κ1) is 25.5. The van der Waals surface area contributed by atoms with Gasteiger partial charge in [-0.05, 0) is 41.7 Å². The molecule has 1 aliphatic carbocycles. The molecule has 0 bridgehead atoms. The standard InChI is InChI=1S/C30H30N2O6/c1-30(2)32(26(18-38-30)28(34)35)27(33)25(16-19-10-4-3-5-11-19)31-29(36)37-17-24-22-14-8-6-12-20(22)21-13-7-9-15-23(21)24/h3-15,24-26H,16-18H2,1-2H3,(H,31,36)(H,34,35). The van der Waals surface area contributed by atoms with Crippen molar-refractivity contribution in [3.63, 3.8) is 0 Å². The van der Waals surface area contributed by atoms with Gasteiger partial charge in [0.25, 0.3) is 0 Å². The molecule has 1 heterocycles. The van der Waals surface area contributed by atoms with Crippen LogP contribution in [0.15, 0.2) is 78.9 Å². The zero-order chi connectivity index (χ0) is 26.9. The fourth-order valence-electron chi connectivity index (χ4n) is 5.40. The number of alkyl carbamates (subject to hydrolysis) is 1. The van der Waals surface area contributed by atoms with Crippen molar-refractivity contribution < 1.29 is 29.0 Å². The summed E-state index contributed by atoms with van der Waals surface area (Å²) in [6, 6.07) is 23.1. The largest absolute Gasteiger partial charge is 0.480 e. The summed E-state index contributed by atoms with van der Waals surface area (Å²) in [6.07, 6.45) is -0.575. The molecule has 1 saturated heterocycles. The average molecular weight is 515 g/mol. The lowest BCUT2D eigenvalue weighted by Gasteiger charge is -2.35. The average Bonchev–Trinajstić information content (AvgIpc) is 3.41. The van der Waals surface area contributed by atoms with Gasteiger partial charge in [0.15, 0.2) is 6.04 Å². The van der Waals surface area contributed by atoms with Gasteiger partial charge in [-0.3, -0.25) is 9.69 Å². The van der Waals surface area contributed by atoms with Gasteiger partial charge in [0.2, 0.25) is 5.91 Å². The highest BCUT2D eigenvalue weighted by molar-refractivity contribution is 5.90. The van der Waals surface area contributed by atoms with Crippen LogP contribution in [0.5, 0.6) is 0 Å². The van der Waals surface area contributed by atoms with Crippen molar-refractivity contribution in [3.05, 3.63) is 95.6 Å². The molecular weight excluding hydrogens is 484 g/mol. The van der Waals surface area contributed by atoms with Gasteiger partial charge >= 0.3 is 12.1 Å². The number of benzene rings is 3. The second-order valence-corrected chi connectivity index (χ2v) is 10.0. The normalized spacial score (nSPS) is 18.4. The number of hydrogen-bond acceptors (Lipinski definition) is 5. The van der Waals surface area contributed by atoms with Crippen molar-refractivity contribution in [2.75, 3.05) is 13.2 Å². The van der Waals surface area contributed by atoms with Crippen molar-refractivity contribution in [3.8, 4) is 11.1 Å². The van der Waals surface area contributed by atoms with E-state index in [2.05, 4.69) is 17.4 Å². The predicted octanol–water partition coefficient (Wildman–Crippen LogP) is 4.18. The Morgan fingerprint density at radius 2 is 1.55 bits per heavy atom. The molecule has 0 radical (unpaired) electrons. The molecule has 8 nitrogen and oxygen atoms in total. The Hall–Kier alpha value is -4.17. The number of carbonyl (C=O) groups is 3. The fraction of sp³-hybridized carbons (Fsp3) is 0.300. The maximum atomic E-state index is 13.7. The van der Waals surface area contributed by atoms with E-state index in [-0.39, 0.29) is 25.6 Å². The van der Waals surface area contributed by atoms with Crippen molar-refractivity contribution in [2.45, 2.75) is 44.0 Å².